The van der Waals surface area contributed by atoms with Gasteiger partial charge in [0.05, 0.1) is 32.0 Å². The van der Waals surface area contributed by atoms with Gasteiger partial charge in [0.15, 0.2) is 24.2 Å². The average Bonchev–Trinajstić information content (AvgIpc) is 2.69. The van der Waals surface area contributed by atoms with Crippen LogP contribution in [-0.2, 0) is 19.1 Å². The molecule has 0 bridgehead atoms. The molecule has 1 heterocycles. The van der Waals surface area contributed by atoms with Crippen molar-refractivity contribution in [3.05, 3.63) is 17.7 Å². The second kappa shape index (κ2) is 10.1. The molecular weight excluding hydrogens is 396 g/mol. The molecule has 1 aromatic rings. The van der Waals surface area contributed by atoms with Crippen LogP contribution < -0.4 is 19.9 Å². The number of benzene rings is 1. The number of nitrogens with zero attached hydrogens (tertiary/aromatic N) is 1. The predicted octanol–water partition coefficient (Wildman–Crippen LogP) is 0.749. The van der Waals surface area contributed by atoms with Crippen molar-refractivity contribution < 1.29 is 38.1 Å². The molecule has 1 aliphatic heterocycles. The zero-order valence-electron chi connectivity index (χ0n) is 17.8. The van der Waals surface area contributed by atoms with Gasteiger partial charge in [0.25, 0.3) is 11.8 Å². The first-order chi connectivity index (χ1) is 14.2. The molecule has 0 saturated carbocycles. The molecule has 3 atom stereocenters. The summed E-state index contributed by atoms with van der Waals surface area (Å²) in [5.74, 6) is -1.29. The van der Waals surface area contributed by atoms with Gasteiger partial charge < -0.3 is 34.3 Å². The highest BCUT2D eigenvalue weighted by Crippen LogP contribution is 2.38. The summed E-state index contributed by atoms with van der Waals surface area (Å²) in [6.45, 7) is 5.75. The number of primary amides is 1. The van der Waals surface area contributed by atoms with Gasteiger partial charge in [0, 0.05) is 13.1 Å². The molecule has 0 radical (unpaired) electrons. The van der Waals surface area contributed by atoms with Crippen molar-refractivity contribution in [1.82, 2.24) is 4.90 Å². The molecule has 1 aromatic carbocycles. The smallest absolute Gasteiger partial charge is 0.339 e. The van der Waals surface area contributed by atoms with Crippen LogP contribution in [0.1, 0.15) is 31.1 Å². The molecule has 0 aromatic heterocycles. The van der Waals surface area contributed by atoms with Crippen molar-refractivity contribution in [3.63, 3.8) is 0 Å². The van der Waals surface area contributed by atoms with Crippen molar-refractivity contribution in [2.45, 2.75) is 39.1 Å². The zero-order valence-corrected chi connectivity index (χ0v) is 17.8. The lowest BCUT2D eigenvalue weighted by atomic mass is 10.1. The highest BCUT2D eigenvalue weighted by molar-refractivity contribution is 5.93. The molecule has 10 nitrogen and oxygen atoms in total. The van der Waals surface area contributed by atoms with Gasteiger partial charge in [-0.1, -0.05) is 0 Å². The zero-order chi connectivity index (χ0) is 22.4. The molecule has 1 saturated heterocycles. The maximum absolute atomic E-state index is 12.7. The number of esters is 1. The molecule has 0 aliphatic carbocycles. The summed E-state index contributed by atoms with van der Waals surface area (Å²) >= 11 is 0. The van der Waals surface area contributed by atoms with Crippen LogP contribution in [-0.4, -0.2) is 74.9 Å². The van der Waals surface area contributed by atoms with Crippen LogP contribution in [0, 0.1) is 0 Å². The van der Waals surface area contributed by atoms with E-state index in [4.69, 9.17) is 29.4 Å². The summed E-state index contributed by atoms with van der Waals surface area (Å²) in [5, 5.41) is 0. The number of hydrogen-bond donors (Lipinski definition) is 1. The lowest BCUT2D eigenvalue weighted by molar-refractivity contribution is -0.151. The number of ether oxygens (including phenoxy) is 5. The molecule has 30 heavy (non-hydrogen) atoms. The second-order valence-corrected chi connectivity index (χ2v) is 7.01. The Morgan fingerprint density at radius 3 is 2.13 bits per heavy atom. The van der Waals surface area contributed by atoms with E-state index < -0.39 is 24.6 Å². The van der Waals surface area contributed by atoms with E-state index in [1.807, 2.05) is 13.8 Å². The number of methoxy groups -OCH3 is 2. The van der Waals surface area contributed by atoms with Gasteiger partial charge in [0.1, 0.15) is 0 Å². The van der Waals surface area contributed by atoms with Gasteiger partial charge in [-0.25, -0.2) is 4.79 Å². The summed E-state index contributed by atoms with van der Waals surface area (Å²) < 4.78 is 26.8. The highest BCUT2D eigenvalue weighted by Gasteiger charge is 2.31. The molecule has 10 heteroatoms. The fourth-order valence-electron chi connectivity index (χ4n) is 3.18. The van der Waals surface area contributed by atoms with Crippen molar-refractivity contribution >= 4 is 17.8 Å². The number of morpholine rings is 1. The minimum Gasteiger partial charge on any atom is -0.493 e. The van der Waals surface area contributed by atoms with E-state index in [-0.39, 0.29) is 40.9 Å². The largest absolute Gasteiger partial charge is 0.493 e. The normalized spacial score (nSPS) is 19.6. The summed E-state index contributed by atoms with van der Waals surface area (Å²) in [4.78, 5) is 38.0. The Labute approximate surface area is 175 Å². The fourth-order valence-corrected chi connectivity index (χ4v) is 3.18. The third kappa shape index (κ3) is 5.76. The first-order valence-corrected chi connectivity index (χ1v) is 9.48. The summed E-state index contributed by atoms with van der Waals surface area (Å²) in [6.07, 6.45) is -1.18. The van der Waals surface area contributed by atoms with Crippen LogP contribution in [0.15, 0.2) is 12.1 Å². The third-order valence-electron chi connectivity index (χ3n) is 4.42. The number of amides is 2. The van der Waals surface area contributed by atoms with E-state index in [1.165, 1.54) is 33.3 Å². The predicted molar refractivity (Wildman–Crippen MR) is 106 cm³/mol. The van der Waals surface area contributed by atoms with Crippen LogP contribution in [0.5, 0.6) is 17.2 Å². The van der Waals surface area contributed by atoms with E-state index >= 15 is 0 Å². The minimum absolute atomic E-state index is 0.0953. The van der Waals surface area contributed by atoms with Crippen molar-refractivity contribution in [3.8, 4) is 17.2 Å². The number of nitrogens with two attached hydrogens (primary N) is 1. The average molecular weight is 424 g/mol. The second-order valence-electron chi connectivity index (χ2n) is 7.01. The van der Waals surface area contributed by atoms with E-state index in [1.54, 1.807) is 4.90 Å². The first kappa shape index (κ1) is 23.3. The van der Waals surface area contributed by atoms with E-state index in [9.17, 15) is 14.4 Å². The van der Waals surface area contributed by atoms with Crippen LogP contribution in [0.25, 0.3) is 0 Å². The highest BCUT2D eigenvalue weighted by atomic mass is 16.6. The topological polar surface area (TPSA) is 127 Å². The number of carbonyl (C=O) groups is 3. The van der Waals surface area contributed by atoms with Crippen LogP contribution >= 0.6 is 0 Å². The van der Waals surface area contributed by atoms with E-state index in [0.717, 1.165) is 0 Å². The van der Waals surface area contributed by atoms with Gasteiger partial charge >= 0.3 is 5.97 Å². The van der Waals surface area contributed by atoms with E-state index in [0.29, 0.717) is 13.1 Å². The third-order valence-corrected chi connectivity index (χ3v) is 4.42. The molecular formula is C20H28N2O8. The monoisotopic (exact) mass is 424 g/mol. The molecule has 3 unspecified atom stereocenters. The van der Waals surface area contributed by atoms with Crippen LogP contribution in [0.2, 0.25) is 0 Å². The number of rotatable bonds is 8. The minimum atomic E-state index is -0.988. The Kier molecular flexibility index (Phi) is 7.87. The van der Waals surface area contributed by atoms with Gasteiger partial charge in [0.2, 0.25) is 5.75 Å². The molecule has 0 spiro atoms. The number of hydrogen-bond acceptors (Lipinski definition) is 8. The van der Waals surface area contributed by atoms with Gasteiger partial charge in [-0.05, 0) is 32.9 Å². The first-order valence-electron chi connectivity index (χ1n) is 9.48. The van der Waals surface area contributed by atoms with Gasteiger partial charge in [-0.2, -0.15) is 0 Å². The molecule has 2 rings (SSSR count). The molecule has 166 valence electrons. The lowest BCUT2D eigenvalue weighted by Crippen LogP contribution is -2.51. The van der Waals surface area contributed by atoms with Crippen LogP contribution in [0.3, 0.4) is 0 Å². The Morgan fingerprint density at radius 1 is 1.13 bits per heavy atom. The molecule has 1 aliphatic rings. The lowest BCUT2D eigenvalue weighted by Gasteiger charge is -2.36. The Bertz CT molecular complexity index is 762. The maximum Gasteiger partial charge on any atom is 0.339 e. The van der Waals surface area contributed by atoms with Gasteiger partial charge in [-0.15, -0.1) is 0 Å². The summed E-state index contributed by atoms with van der Waals surface area (Å²) in [7, 11) is 2.74. The van der Waals surface area contributed by atoms with E-state index in [2.05, 4.69) is 0 Å². The standard InChI is InChI=1S/C20H28N2O8/c1-11-8-22(9-12(2)29-11)19(24)13(3)30-20(25)14-6-15(26-4)18(16(7-14)27-5)28-10-17(21)23/h6-7,11-13H,8-10H2,1-5H3,(H2,21,23). The van der Waals surface area contributed by atoms with Crippen LogP contribution in [0.4, 0.5) is 0 Å². The van der Waals surface area contributed by atoms with Crippen molar-refractivity contribution in [2.24, 2.45) is 5.73 Å². The summed E-state index contributed by atoms with van der Waals surface area (Å²) in [6, 6.07) is 2.74. The Morgan fingerprint density at radius 2 is 1.67 bits per heavy atom. The summed E-state index contributed by atoms with van der Waals surface area (Å²) in [5.41, 5.74) is 5.20. The molecule has 2 N–H and O–H groups in total. The molecule has 2 amide bonds. The SMILES string of the molecule is COc1cc(C(=O)OC(C)C(=O)N2CC(C)OC(C)C2)cc(OC)c1OCC(N)=O. The van der Waals surface area contributed by atoms with Gasteiger partial charge in [-0.3, -0.25) is 9.59 Å². The Hall–Kier alpha value is -3.01. The van der Waals surface area contributed by atoms with Crippen molar-refractivity contribution in [2.75, 3.05) is 33.9 Å². The Balaban J connectivity index is 2.15. The number of carbonyl (C=O) groups excluding carboxylic acids is 3. The quantitative estimate of drug-likeness (QED) is 0.606. The fraction of sp³-hybridized carbons (Fsp3) is 0.550. The van der Waals surface area contributed by atoms with Crippen molar-refractivity contribution in [1.29, 1.82) is 0 Å². The maximum atomic E-state index is 12.7. The molecule has 1 fully saturated rings.